The third kappa shape index (κ3) is 10.4. The van der Waals surface area contributed by atoms with Crippen LogP contribution in [0.1, 0.15) is 106 Å². The zero-order chi connectivity index (χ0) is 53.9. The van der Waals surface area contributed by atoms with E-state index in [-0.39, 0.29) is 53.8 Å². The second-order valence-electron chi connectivity index (χ2n) is 19.8. The highest BCUT2D eigenvalue weighted by atomic mass is 16.6. The van der Waals surface area contributed by atoms with E-state index < -0.39 is 143 Å². The number of aliphatic hydroxyl groups excluding tert-OH is 1. The van der Waals surface area contributed by atoms with Crippen LogP contribution in [-0.4, -0.2) is 130 Å². The van der Waals surface area contributed by atoms with E-state index in [0.29, 0.717) is 0 Å². The summed E-state index contributed by atoms with van der Waals surface area (Å²) in [7, 11) is 0. The maximum absolute atomic E-state index is 15.7. The van der Waals surface area contributed by atoms with E-state index in [0.717, 1.165) is 13.8 Å². The van der Waals surface area contributed by atoms with Crippen molar-refractivity contribution < 1.29 is 86.9 Å². The molecule has 1 aliphatic heterocycles. The Balaban J connectivity index is 1.38. The predicted molar refractivity (Wildman–Crippen MR) is 256 cm³/mol. The number of amides is 2. The van der Waals surface area contributed by atoms with Crippen LogP contribution in [0, 0.1) is 16.7 Å². The zero-order valence-corrected chi connectivity index (χ0v) is 41.7. The number of carbonyl (C=O) groups excluding carboxylic acids is 8. The lowest BCUT2D eigenvalue weighted by molar-refractivity contribution is -0.346. The van der Waals surface area contributed by atoms with E-state index in [4.69, 9.17) is 33.5 Å². The van der Waals surface area contributed by atoms with Crippen LogP contribution in [0.15, 0.2) is 102 Å². The van der Waals surface area contributed by atoms with Crippen molar-refractivity contribution in [3.63, 3.8) is 0 Å². The van der Waals surface area contributed by atoms with Crippen molar-refractivity contribution in [1.29, 1.82) is 0 Å². The monoisotopic (exact) mass is 1020 g/mol. The number of ether oxygens (including phenoxy) is 6. The van der Waals surface area contributed by atoms with Gasteiger partial charge in [-0.1, -0.05) is 80.6 Å². The number of aliphatic hydroxyl groups is 2. The fourth-order valence-electron chi connectivity index (χ4n) is 11.1. The number of carboxylic acid groups (broad SMARTS) is 1. The van der Waals surface area contributed by atoms with Gasteiger partial charge in [-0.25, -0.2) is 9.59 Å². The number of carboxylic acids is 1. The smallest absolute Gasteiger partial charge is 0.350 e. The Morgan fingerprint density at radius 3 is 1.97 bits per heavy atom. The first-order valence-electron chi connectivity index (χ1n) is 24.2. The molecular weight excluding hydrogens is 965 g/mol. The first-order chi connectivity index (χ1) is 35.0. The normalized spacial score (nSPS) is 28.4. The first kappa shape index (κ1) is 54.5. The Bertz CT molecular complexity index is 2710. The van der Waals surface area contributed by atoms with E-state index in [2.05, 4.69) is 10.6 Å². The molecule has 394 valence electrons. The SMILES string of the molecule is CC(=O)O[C@H]1C(=O)[C@@]2(C)[C@H]([C@H](OC(=O)c3ccccc3)[C@]3(O)C[C@H](OC(=O)[C@H](OC(=O)CCNC(=O)CCC(=O)O)[C@@H](NC(=O)c4ccccc4)c4ccccc4)C(C)=C1C3(C)C)[C@]1(OC(C)=O)CO[C@@H]1C[C@@H]2O. The zero-order valence-electron chi connectivity index (χ0n) is 41.7. The minimum atomic E-state index is -2.52. The summed E-state index contributed by atoms with van der Waals surface area (Å²) in [6, 6.07) is 22.1. The second-order valence-corrected chi connectivity index (χ2v) is 19.8. The molecule has 1 saturated heterocycles. The van der Waals surface area contributed by atoms with Crippen molar-refractivity contribution >= 4 is 53.4 Å². The highest BCUT2D eigenvalue weighted by Gasteiger charge is 2.78. The minimum Gasteiger partial charge on any atom is -0.481 e. The molecule has 3 aliphatic carbocycles. The highest BCUT2D eigenvalue weighted by molar-refractivity contribution is 5.96. The fourth-order valence-corrected chi connectivity index (χ4v) is 11.1. The van der Waals surface area contributed by atoms with Gasteiger partial charge < -0.3 is 54.4 Å². The summed E-state index contributed by atoms with van der Waals surface area (Å²) in [6.45, 7) is 7.32. The third-order valence-corrected chi connectivity index (χ3v) is 14.9. The molecule has 20 nitrogen and oxygen atoms in total. The maximum Gasteiger partial charge on any atom is 0.350 e. The molecule has 0 unspecified atom stereocenters. The summed E-state index contributed by atoms with van der Waals surface area (Å²) in [5.41, 5.74) is -7.86. The average molecular weight is 1030 g/mol. The molecule has 0 aromatic heterocycles. The lowest BCUT2D eigenvalue weighted by Crippen LogP contribution is -2.82. The topological polar surface area (TPSA) is 294 Å². The van der Waals surface area contributed by atoms with Crippen LogP contribution in [0.5, 0.6) is 0 Å². The molecule has 4 aliphatic rings. The Morgan fingerprint density at radius 1 is 0.797 bits per heavy atom. The van der Waals surface area contributed by atoms with Crippen LogP contribution < -0.4 is 10.6 Å². The molecule has 74 heavy (non-hydrogen) atoms. The van der Waals surface area contributed by atoms with Gasteiger partial charge >= 0.3 is 35.8 Å². The van der Waals surface area contributed by atoms with Gasteiger partial charge in [-0.2, -0.15) is 0 Å². The van der Waals surface area contributed by atoms with Gasteiger partial charge in [0.2, 0.25) is 12.0 Å². The molecule has 0 spiro atoms. The quantitative estimate of drug-likeness (QED) is 0.0732. The van der Waals surface area contributed by atoms with Gasteiger partial charge in [0.25, 0.3) is 5.91 Å². The second kappa shape index (κ2) is 21.7. The van der Waals surface area contributed by atoms with Crippen molar-refractivity contribution in [2.75, 3.05) is 13.2 Å². The van der Waals surface area contributed by atoms with Crippen molar-refractivity contribution in [2.24, 2.45) is 16.7 Å². The van der Waals surface area contributed by atoms with E-state index in [9.17, 15) is 43.8 Å². The highest BCUT2D eigenvalue weighted by Crippen LogP contribution is 2.64. The molecule has 3 aromatic carbocycles. The molecule has 7 rings (SSSR count). The Labute approximate surface area is 426 Å². The molecule has 2 saturated carbocycles. The first-order valence-corrected chi connectivity index (χ1v) is 24.2. The molecule has 2 bridgehead atoms. The summed E-state index contributed by atoms with van der Waals surface area (Å²) in [4.78, 5) is 123. The van der Waals surface area contributed by atoms with Crippen molar-refractivity contribution in [3.05, 3.63) is 119 Å². The van der Waals surface area contributed by atoms with Gasteiger partial charge in [0.1, 0.15) is 30.0 Å². The van der Waals surface area contributed by atoms with Crippen molar-refractivity contribution in [1.82, 2.24) is 10.6 Å². The number of benzene rings is 3. The largest absolute Gasteiger partial charge is 0.481 e. The van der Waals surface area contributed by atoms with Crippen LogP contribution in [0.25, 0.3) is 0 Å². The number of aliphatic carboxylic acids is 1. The minimum absolute atomic E-state index is 0.0146. The predicted octanol–water partition coefficient (Wildman–Crippen LogP) is 3.66. The average Bonchev–Trinajstić information content (AvgIpc) is 3.35. The number of nitrogens with one attached hydrogen (secondary N) is 2. The summed E-state index contributed by atoms with van der Waals surface area (Å²) in [6.07, 6.45) is -12.6. The number of fused-ring (bicyclic) bond motifs is 5. The van der Waals surface area contributed by atoms with E-state index >= 15 is 9.59 Å². The van der Waals surface area contributed by atoms with Gasteiger partial charge in [0, 0.05) is 50.6 Å². The lowest BCUT2D eigenvalue weighted by atomic mass is 9.44. The Kier molecular flexibility index (Phi) is 15.9. The van der Waals surface area contributed by atoms with Crippen LogP contribution in [-0.2, 0) is 62.0 Å². The molecule has 5 N–H and O–H groups in total. The Morgan fingerprint density at radius 2 is 1.41 bits per heavy atom. The number of rotatable bonds is 17. The maximum atomic E-state index is 15.7. The van der Waals surface area contributed by atoms with Gasteiger partial charge in [-0.15, -0.1) is 0 Å². The lowest BCUT2D eigenvalue weighted by Gasteiger charge is -2.67. The van der Waals surface area contributed by atoms with Gasteiger partial charge in [0.15, 0.2) is 17.5 Å². The van der Waals surface area contributed by atoms with Crippen LogP contribution >= 0.6 is 0 Å². The summed E-state index contributed by atoms with van der Waals surface area (Å²) >= 11 is 0. The van der Waals surface area contributed by atoms with E-state index in [1.165, 1.54) is 52.0 Å². The van der Waals surface area contributed by atoms with Crippen LogP contribution in [0.4, 0.5) is 0 Å². The molecule has 20 heteroatoms. The van der Waals surface area contributed by atoms with E-state index in [1.807, 2.05) is 0 Å². The number of carbonyl (C=O) groups is 9. The summed E-state index contributed by atoms with van der Waals surface area (Å²) < 4.78 is 36.6. The van der Waals surface area contributed by atoms with Gasteiger partial charge in [-0.3, -0.25) is 33.6 Å². The number of esters is 5. The third-order valence-electron chi connectivity index (χ3n) is 14.9. The van der Waals surface area contributed by atoms with Crippen LogP contribution in [0.3, 0.4) is 0 Å². The summed E-state index contributed by atoms with van der Waals surface area (Å²) in [5, 5.41) is 40.3. The van der Waals surface area contributed by atoms with E-state index in [1.54, 1.807) is 66.7 Å². The van der Waals surface area contributed by atoms with Crippen molar-refractivity contribution in [3.8, 4) is 0 Å². The molecular formula is C54H60N2O18. The molecule has 11 atom stereocenters. The number of Topliss-reactive ketones (excluding diaryl/α,β-unsaturated/α-hetero) is 1. The van der Waals surface area contributed by atoms with Gasteiger partial charge in [0.05, 0.1) is 42.4 Å². The molecule has 3 fully saturated rings. The number of ketones is 1. The molecule has 1 heterocycles. The standard InChI is InChI=1S/C54H60N2O18/c1-29-35(71-50(67)44(72-40(63)24-25-55-38(60)22-23-39(61)62)42(32-16-10-7-11-17-32)56-48(65)33-18-12-8-13-19-33)27-54(68)47(73-49(66)34-20-14-9-15-21-34)45-52(6,36(59)26-37-53(45,28-69-37)74-31(3)58)46(64)43(70-30(2)57)41(29)51(54,4)5/h7-21,35-37,42-45,47,59,68H,22-28H2,1-6H3,(H,55,60)(H,56,65)(H,61,62)/t35-,36-,37+,42-,43+,44+,45-,47-,52+,53-,54+/m0/s1. The molecule has 3 aromatic rings. The van der Waals surface area contributed by atoms with Gasteiger partial charge in [-0.05, 0) is 54.8 Å². The fraction of sp³-hybridized carbons (Fsp3) is 0.463. The van der Waals surface area contributed by atoms with Crippen molar-refractivity contribution in [2.45, 2.75) is 128 Å². The Hall–Kier alpha value is -7.29. The number of hydrogen-bond donors (Lipinski definition) is 5. The summed E-state index contributed by atoms with van der Waals surface area (Å²) in [5.74, 6) is -10.3. The van der Waals surface area contributed by atoms with Crippen LogP contribution in [0.2, 0.25) is 0 Å². The number of hydrogen-bond acceptors (Lipinski definition) is 17. The molecule has 2 amide bonds. The molecule has 0 radical (unpaired) electrons.